The van der Waals surface area contributed by atoms with Crippen molar-refractivity contribution in [3.05, 3.63) is 23.0 Å². The number of nitrogens with zero attached hydrogens (tertiary/aromatic N) is 2. The predicted molar refractivity (Wildman–Crippen MR) is 74.8 cm³/mol. The highest BCUT2D eigenvalue weighted by Gasteiger charge is 2.44. The topological polar surface area (TPSA) is 96.5 Å². The summed E-state index contributed by atoms with van der Waals surface area (Å²) in [5.74, 6) is -1.47. The molecule has 20 heavy (non-hydrogen) atoms. The van der Waals surface area contributed by atoms with Gasteiger partial charge in [-0.1, -0.05) is 0 Å². The highest BCUT2D eigenvalue weighted by Crippen LogP contribution is 2.37. The number of primary amides is 1. The van der Waals surface area contributed by atoms with E-state index in [1.54, 1.807) is 24.8 Å². The lowest BCUT2D eigenvalue weighted by Gasteiger charge is -2.34. The van der Waals surface area contributed by atoms with Crippen molar-refractivity contribution in [2.45, 2.75) is 39.2 Å². The van der Waals surface area contributed by atoms with Gasteiger partial charge in [-0.15, -0.1) is 0 Å². The number of carbonyl (C=O) groups is 2. The standard InChI is InChI=1S/C14H19N3O3/c1-8-7-10(11(12(15)18)9(2)16-8)17-6-4-5-14(17,3)13(19)20/h7H,4-6H2,1-3H3,(H2,15,18)(H,19,20). The lowest BCUT2D eigenvalue weighted by Crippen LogP contribution is -2.49. The van der Waals surface area contributed by atoms with Crippen LogP contribution in [0.3, 0.4) is 0 Å². The van der Waals surface area contributed by atoms with Crippen molar-refractivity contribution < 1.29 is 14.7 Å². The summed E-state index contributed by atoms with van der Waals surface area (Å²) in [5.41, 5.74) is 6.59. The van der Waals surface area contributed by atoms with Gasteiger partial charge in [0.15, 0.2) is 0 Å². The molecule has 6 heteroatoms. The maximum atomic E-state index is 11.7. The van der Waals surface area contributed by atoms with Gasteiger partial charge in [0.2, 0.25) is 0 Å². The molecule has 1 unspecified atom stereocenters. The zero-order valence-corrected chi connectivity index (χ0v) is 11.9. The molecule has 0 aliphatic carbocycles. The molecule has 1 atom stereocenters. The van der Waals surface area contributed by atoms with Gasteiger partial charge >= 0.3 is 5.97 Å². The quantitative estimate of drug-likeness (QED) is 0.866. The van der Waals surface area contributed by atoms with Gasteiger partial charge in [0.25, 0.3) is 5.91 Å². The van der Waals surface area contributed by atoms with Gasteiger partial charge in [0.05, 0.1) is 16.9 Å². The second-order valence-corrected chi connectivity index (χ2v) is 5.44. The Hall–Kier alpha value is -2.11. The summed E-state index contributed by atoms with van der Waals surface area (Å²) < 4.78 is 0. The Morgan fingerprint density at radius 2 is 2.10 bits per heavy atom. The number of hydrogen-bond donors (Lipinski definition) is 2. The van der Waals surface area contributed by atoms with Crippen LogP contribution < -0.4 is 10.6 Å². The predicted octanol–water partition coefficient (Wildman–Crippen LogP) is 1.24. The third-order valence-electron chi connectivity index (χ3n) is 3.95. The maximum Gasteiger partial charge on any atom is 0.329 e. The van der Waals surface area contributed by atoms with Crippen LogP contribution >= 0.6 is 0 Å². The summed E-state index contributed by atoms with van der Waals surface area (Å²) in [6, 6.07) is 1.74. The van der Waals surface area contributed by atoms with Crippen LogP contribution in [-0.4, -0.2) is 34.1 Å². The average Bonchev–Trinajstić information content (AvgIpc) is 2.70. The highest BCUT2D eigenvalue weighted by atomic mass is 16.4. The van der Waals surface area contributed by atoms with E-state index in [2.05, 4.69) is 4.98 Å². The average molecular weight is 277 g/mol. The number of carbonyl (C=O) groups excluding carboxylic acids is 1. The molecule has 1 aromatic rings. The van der Waals surface area contributed by atoms with Crippen LogP contribution in [0.4, 0.5) is 5.69 Å². The van der Waals surface area contributed by atoms with E-state index in [0.717, 1.165) is 12.1 Å². The minimum Gasteiger partial charge on any atom is -0.480 e. The van der Waals surface area contributed by atoms with E-state index in [0.29, 0.717) is 29.9 Å². The molecule has 0 spiro atoms. The van der Waals surface area contributed by atoms with E-state index in [-0.39, 0.29) is 0 Å². The van der Waals surface area contributed by atoms with Crippen LogP contribution in [-0.2, 0) is 4.79 Å². The molecule has 1 aliphatic heterocycles. The van der Waals surface area contributed by atoms with Gasteiger partial charge in [-0.25, -0.2) is 4.79 Å². The number of amides is 1. The molecule has 1 saturated heterocycles. The van der Waals surface area contributed by atoms with Crippen LogP contribution in [0.2, 0.25) is 0 Å². The second kappa shape index (κ2) is 4.77. The molecular formula is C14H19N3O3. The molecule has 1 fully saturated rings. The number of aryl methyl sites for hydroxylation is 2. The molecular weight excluding hydrogens is 258 g/mol. The summed E-state index contributed by atoms with van der Waals surface area (Å²) >= 11 is 0. The largest absolute Gasteiger partial charge is 0.480 e. The van der Waals surface area contributed by atoms with Crippen molar-refractivity contribution in [1.82, 2.24) is 4.98 Å². The Labute approximate surface area is 117 Å². The molecule has 1 aromatic heterocycles. The molecule has 3 N–H and O–H groups in total. The SMILES string of the molecule is Cc1cc(N2CCCC2(C)C(=O)O)c(C(N)=O)c(C)n1. The normalized spacial score (nSPS) is 22.1. The van der Waals surface area contributed by atoms with Crippen molar-refractivity contribution in [1.29, 1.82) is 0 Å². The van der Waals surface area contributed by atoms with Gasteiger partial charge in [0.1, 0.15) is 5.54 Å². The maximum absolute atomic E-state index is 11.7. The Bertz CT molecular complexity index is 585. The number of anilines is 1. The van der Waals surface area contributed by atoms with E-state index >= 15 is 0 Å². The van der Waals surface area contributed by atoms with E-state index in [4.69, 9.17) is 5.73 Å². The zero-order valence-electron chi connectivity index (χ0n) is 11.9. The minimum atomic E-state index is -1.01. The number of pyridine rings is 1. The third kappa shape index (κ3) is 2.11. The number of hydrogen-bond acceptors (Lipinski definition) is 4. The fourth-order valence-corrected chi connectivity index (χ4v) is 2.90. The summed E-state index contributed by atoms with van der Waals surface area (Å²) in [6.07, 6.45) is 1.31. The molecule has 0 bridgehead atoms. The lowest BCUT2D eigenvalue weighted by atomic mass is 9.97. The van der Waals surface area contributed by atoms with E-state index in [1.165, 1.54) is 0 Å². The molecule has 2 rings (SSSR count). The van der Waals surface area contributed by atoms with Crippen molar-refractivity contribution >= 4 is 17.6 Å². The van der Waals surface area contributed by atoms with Crippen molar-refractivity contribution in [2.75, 3.05) is 11.4 Å². The molecule has 2 heterocycles. The number of nitrogens with two attached hydrogens (primary N) is 1. The summed E-state index contributed by atoms with van der Waals surface area (Å²) in [7, 11) is 0. The molecule has 0 radical (unpaired) electrons. The fourth-order valence-electron chi connectivity index (χ4n) is 2.90. The summed E-state index contributed by atoms with van der Waals surface area (Å²) in [4.78, 5) is 29.3. The van der Waals surface area contributed by atoms with Crippen molar-refractivity contribution in [2.24, 2.45) is 5.73 Å². The first-order valence-electron chi connectivity index (χ1n) is 6.56. The first-order valence-corrected chi connectivity index (χ1v) is 6.56. The molecule has 0 saturated carbocycles. The molecule has 1 aliphatic rings. The monoisotopic (exact) mass is 277 g/mol. The molecule has 6 nitrogen and oxygen atoms in total. The molecule has 0 aromatic carbocycles. The molecule has 1 amide bonds. The van der Waals surface area contributed by atoms with Crippen molar-refractivity contribution in [3.8, 4) is 0 Å². The van der Waals surface area contributed by atoms with Crippen LogP contribution in [0.15, 0.2) is 6.07 Å². The minimum absolute atomic E-state index is 0.310. The number of aromatic nitrogens is 1. The smallest absolute Gasteiger partial charge is 0.329 e. The Kier molecular flexibility index (Phi) is 3.41. The number of carboxylic acid groups (broad SMARTS) is 1. The lowest BCUT2D eigenvalue weighted by molar-refractivity contribution is -0.142. The van der Waals surface area contributed by atoms with Crippen molar-refractivity contribution in [3.63, 3.8) is 0 Å². The first kappa shape index (κ1) is 14.3. The number of aliphatic carboxylic acids is 1. The third-order valence-corrected chi connectivity index (χ3v) is 3.95. The van der Waals surface area contributed by atoms with Gasteiger partial charge in [-0.2, -0.15) is 0 Å². The fraction of sp³-hybridized carbons (Fsp3) is 0.500. The molecule has 108 valence electrons. The van der Waals surface area contributed by atoms with Gasteiger partial charge in [0, 0.05) is 12.2 Å². The summed E-state index contributed by atoms with van der Waals surface area (Å²) in [5, 5.41) is 9.50. The van der Waals surface area contributed by atoms with E-state index in [9.17, 15) is 14.7 Å². The van der Waals surface area contributed by atoms with E-state index in [1.807, 2.05) is 6.92 Å². The summed E-state index contributed by atoms with van der Waals surface area (Å²) in [6.45, 7) is 5.80. The van der Waals surface area contributed by atoms with Crippen LogP contribution in [0, 0.1) is 13.8 Å². The number of carboxylic acids is 1. The second-order valence-electron chi connectivity index (χ2n) is 5.44. The zero-order chi connectivity index (χ0) is 15.1. The van der Waals surface area contributed by atoms with E-state index < -0.39 is 17.4 Å². The Morgan fingerprint density at radius 1 is 1.45 bits per heavy atom. The van der Waals surface area contributed by atoms with Crippen LogP contribution in [0.25, 0.3) is 0 Å². The first-order chi connectivity index (χ1) is 9.27. The Balaban J connectivity index is 2.63. The Morgan fingerprint density at radius 3 is 2.65 bits per heavy atom. The number of rotatable bonds is 3. The van der Waals surface area contributed by atoms with Gasteiger partial charge in [-0.3, -0.25) is 9.78 Å². The highest BCUT2D eigenvalue weighted by molar-refractivity contribution is 6.01. The van der Waals surface area contributed by atoms with Crippen LogP contribution in [0.1, 0.15) is 41.5 Å². The van der Waals surface area contributed by atoms with Crippen LogP contribution in [0.5, 0.6) is 0 Å². The van der Waals surface area contributed by atoms with Gasteiger partial charge in [-0.05, 0) is 39.7 Å². The van der Waals surface area contributed by atoms with Gasteiger partial charge < -0.3 is 15.7 Å².